The van der Waals surface area contributed by atoms with Crippen molar-refractivity contribution in [2.24, 2.45) is 0 Å². The molecule has 6 heteroatoms. The molecule has 1 aromatic carbocycles. The van der Waals surface area contributed by atoms with Crippen LogP contribution in [0.1, 0.15) is 31.4 Å². The topological polar surface area (TPSA) is 15.3 Å². The van der Waals surface area contributed by atoms with Gasteiger partial charge in [0.05, 0.1) is 0 Å². The molecule has 1 N–H and O–H groups in total. The van der Waals surface area contributed by atoms with Gasteiger partial charge in [-0.3, -0.25) is 4.90 Å². The van der Waals surface area contributed by atoms with Gasteiger partial charge in [-0.1, -0.05) is 19.4 Å². The van der Waals surface area contributed by atoms with E-state index in [-0.39, 0.29) is 24.0 Å². The summed E-state index contributed by atoms with van der Waals surface area (Å²) in [4.78, 5) is 2.13. The predicted octanol–water partition coefficient (Wildman–Crippen LogP) is 3.27. The lowest BCUT2D eigenvalue weighted by Gasteiger charge is -2.35. The first-order valence-electron chi connectivity index (χ1n) is 6.73. The molecule has 0 saturated carbocycles. The van der Waals surface area contributed by atoms with Gasteiger partial charge in [-0.05, 0) is 12.5 Å². The summed E-state index contributed by atoms with van der Waals surface area (Å²) in [5, 5.41) is 3.23. The molecule has 1 atom stereocenters. The van der Waals surface area contributed by atoms with E-state index in [0.29, 0.717) is 0 Å². The molecule has 0 aliphatic carbocycles. The largest absolute Gasteiger partial charge is 0.314 e. The van der Waals surface area contributed by atoms with Crippen molar-refractivity contribution in [1.82, 2.24) is 10.2 Å². The number of hydrogen-bond acceptors (Lipinski definition) is 2. The van der Waals surface area contributed by atoms with Crippen LogP contribution in [0.3, 0.4) is 0 Å². The molecule has 2 rings (SSSR count). The van der Waals surface area contributed by atoms with E-state index in [1.165, 1.54) is 6.07 Å². The molecular weight excluding hydrogens is 289 g/mol. The van der Waals surface area contributed by atoms with Crippen LogP contribution in [-0.4, -0.2) is 31.1 Å². The van der Waals surface area contributed by atoms with Gasteiger partial charge in [0.2, 0.25) is 0 Å². The van der Waals surface area contributed by atoms with Crippen LogP contribution in [0.5, 0.6) is 0 Å². The summed E-state index contributed by atoms with van der Waals surface area (Å²) in [6, 6.07) is 2.21. The first kappa shape index (κ1) is 17.3. The SMILES string of the molecule is CCC[C@@H](c1ccc(F)c(F)c1F)N1CCNCC1.Cl. The molecule has 1 fully saturated rings. The highest BCUT2D eigenvalue weighted by Gasteiger charge is 2.26. The minimum absolute atomic E-state index is 0. The smallest absolute Gasteiger partial charge is 0.194 e. The molecule has 0 aromatic heterocycles. The van der Waals surface area contributed by atoms with Gasteiger partial charge in [-0.25, -0.2) is 13.2 Å². The van der Waals surface area contributed by atoms with E-state index in [1.54, 1.807) is 0 Å². The minimum atomic E-state index is -1.37. The van der Waals surface area contributed by atoms with Crippen molar-refractivity contribution in [3.05, 3.63) is 35.1 Å². The van der Waals surface area contributed by atoms with E-state index in [0.717, 1.165) is 45.1 Å². The van der Waals surface area contributed by atoms with E-state index in [9.17, 15) is 13.2 Å². The van der Waals surface area contributed by atoms with Crippen LogP contribution < -0.4 is 5.32 Å². The number of halogens is 4. The van der Waals surface area contributed by atoms with E-state index in [2.05, 4.69) is 10.2 Å². The Labute approximate surface area is 123 Å². The third-order valence-electron chi connectivity index (χ3n) is 3.58. The molecular formula is C14H20ClF3N2. The Morgan fingerprint density at radius 3 is 2.40 bits per heavy atom. The van der Waals surface area contributed by atoms with Gasteiger partial charge in [0.15, 0.2) is 17.5 Å². The van der Waals surface area contributed by atoms with Crippen LogP contribution in [0, 0.1) is 17.5 Å². The maximum absolute atomic E-state index is 13.9. The van der Waals surface area contributed by atoms with Gasteiger partial charge in [0, 0.05) is 37.8 Å². The monoisotopic (exact) mass is 308 g/mol. The van der Waals surface area contributed by atoms with Gasteiger partial charge in [-0.15, -0.1) is 12.4 Å². The van der Waals surface area contributed by atoms with Crippen LogP contribution in [0.15, 0.2) is 12.1 Å². The molecule has 114 valence electrons. The highest BCUT2D eigenvalue weighted by atomic mass is 35.5. The molecule has 2 nitrogen and oxygen atoms in total. The number of rotatable bonds is 4. The molecule has 0 amide bonds. The Hall–Kier alpha value is -0.780. The standard InChI is InChI=1S/C14H19F3N2.ClH/c1-2-3-12(19-8-6-18-7-9-19)10-4-5-11(15)14(17)13(10)16;/h4-5,12,18H,2-3,6-9H2,1H3;1H/t12-;/m0./s1. The lowest BCUT2D eigenvalue weighted by atomic mass is 9.99. The molecule has 20 heavy (non-hydrogen) atoms. The third kappa shape index (κ3) is 3.65. The van der Waals surface area contributed by atoms with Crippen molar-refractivity contribution in [2.45, 2.75) is 25.8 Å². The van der Waals surface area contributed by atoms with Crippen LogP contribution in [0.2, 0.25) is 0 Å². The van der Waals surface area contributed by atoms with Crippen molar-refractivity contribution < 1.29 is 13.2 Å². The van der Waals surface area contributed by atoms with Crippen molar-refractivity contribution in [3.63, 3.8) is 0 Å². The highest BCUT2D eigenvalue weighted by molar-refractivity contribution is 5.85. The molecule has 0 bridgehead atoms. The van der Waals surface area contributed by atoms with Gasteiger partial charge < -0.3 is 5.32 Å². The number of nitrogens with one attached hydrogen (secondary N) is 1. The third-order valence-corrected chi connectivity index (χ3v) is 3.58. The van der Waals surface area contributed by atoms with Gasteiger partial charge in [0.1, 0.15) is 0 Å². The summed E-state index contributed by atoms with van der Waals surface area (Å²) in [7, 11) is 0. The Morgan fingerprint density at radius 1 is 1.15 bits per heavy atom. The van der Waals surface area contributed by atoms with Gasteiger partial charge >= 0.3 is 0 Å². The number of piperazine rings is 1. The van der Waals surface area contributed by atoms with Gasteiger partial charge in [0.25, 0.3) is 0 Å². The average Bonchev–Trinajstić information content (AvgIpc) is 2.44. The summed E-state index contributed by atoms with van der Waals surface area (Å²) < 4.78 is 40.3. The summed E-state index contributed by atoms with van der Waals surface area (Å²) in [6.45, 7) is 5.27. The Bertz CT molecular complexity index is 437. The Morgan fingerprint density at radius 2 is 1.80 bits per heavy atom. The summed E-state index contributed by atoms with van der Waals surface area (Å²) >= 11 is 0. The fourth-order valence-electron chi connectivity index (χ4n) is 2.60. The minimum Gasteiger partial charge on any atom is -0.314 e. The van der Waals surface area contributed by atoms with Crippen molar-refractivity contribution in [1.29, 1.82) is 0 Å². The fourth-order valence-corrected chi connectivity index (χ4v) is 2.60. The lowest BCUT2D eigenvalue weighted by Crippen LogP contribution is -2.45. The van der Waals surface area contributed by atoms with E-state index in [1.807, 2.05) is 6.92 Å². The highest BCUT2D eigenvalue weighted by Crippen LogP contribution is 2.29. The number of benzene rings is 1. The van der Waals surface area contributed by atoms with Gasteiger partial charge in [-0.2, -0.15) is 0 Å². The normalized spacial score (nSPS) is 17.6. The molecule has 1 aliphatic heterocycles. The Balaban J connectivity index is 0.00000200. The van der Waals surface area contributed by atoms with E-state index in [4.69, 9.17) is 0 Å². The summed E-state index contributed by atoms with van der Waals surface area (Å²) in [5.74, 6) is -3.54. The lowest BCUT2D eigenvalue weighted by molar-refractivity contribution is 0.160. The van der Waals surface area contributed by atoms with E-state index >= 15 is 0 Å². The van der Waals surface area contributed by atoms with Crippen molar-refractivity contribution >= 4 is 12.4 Å². The fraction of sp³-hybridized carbons (Fsp3) is 0.571. The quantitative estimate of drug-likeness (QED) is 0.859. The van der Waals surface area contributed by atoms with Crippen LogP contribution >= 0.6 is 12.4 Å². The molecule has 1 heterocycles. The van der Waals surface area contributed by atoms with Crippen LogP contribution in [-0.2, 0) is 0 Å². The second-order valence-electron chi connectivity index (χ2n) is 4.86. The zero-order valence-electron chi connectivity index (χ0n) is 11.5. The van der Waals surface area contributed by atoms with Crippen molar-refractivity contribution in [2.75, 3.05) is 26.2 Å². The van der Waals surface area contributed by atoms with Crippen LogP contribution in [0.25, 0.3) is 0 Å². The first-order chi connectivity index (χ1) is 9.15. The first-order valence-corrected chi connectivity index (χ1v) is 6.73. The number of hydrogen-bond donors (Lipinski definition) is 1. The zero-order chi connectivity index (χ0) is 13.8. The summed E-state index contributed by atoms with van der Waals surface area (Å²) in [6.07, 6.45) is 1.61. The van der Waals surface area contributed by atoms with Crippen LogP contribution in [0.4, 0.5) is 13.2 Å². The zero-order valence-corrected chi connectivity index (χ0v) is 12.3. The predicted molar refractivity (Wildman–Crippen MR) is 75.7 cm³/mol. The number of nitrogens with zero attached hydrogens (tertiary/aromatic N) is 1. The molecule has 0 unspecified atom stereocenters. The Kier molecular flexibility index (Phi) is 6.79. The maximum atomic E-state index is 13.9. The second-order valence-corrected chi connectivity index (χ2v) is 4.86. The van der Waals surface area contributed by atoms with E-state index < -0.39 is 17.5 Å². The molecule has 0 spiro atoms. The summed E-state index contributed by atoms with van der Waals surface area (Å²) in [5.41, 5.74) is 0.266. The molecule has 1 aliphatic rings. The maximum Gasteiger partial charge on any atom is 0.194 e. The average molecular weight is 309 g/mol. The molecule has 1 saturated heterocycles. The molecule has 1 aromatic rings. The van der Waals surface area contributed by atoms with Crippen molar-refractivity contribution in [3.8, 4) is 0 Å². The second kappa shape index (κ2) is 7.86. The molecule has 0 radical (unpaired) electrons.